The third-order valence-corrected chi connectivity index (χ3v) is 4.05. The molecule has 2 nitrogen and oxygen atoms in total. The number of nitrogens with zero attached hydrogens (tertiary/aromatic N) is 1. The van der Waals surface area contributed by atoms with Crippen LogP contribution in [0.25, 0.3) is 0 Å². The van der Waals surface area contributed by atoms with Gasteiger partial charge in [-0.05, 0) is 30.7 Å². The van der Waals surface area contributed by atoms with Crippen LogP contribution in [0.3, 0.4) is 0 Å². The summed E-state index contributed by atoms with van der Waals surface area (Å²) in [5.74, 6) is 0.779. The fraction of sp³-hybridized carbons (Fsp3) is 0.600. The lowest BCUT2D eigenvalue weighted by Gasteiger charge is -2.41. The van der Waals surface area contributed by atoms with Gasteiger partial charge in [0.2, 0.25) is 0 Å². The van der Waals surface area contributed by atoms with Crippen LogP contribution in [0.2, 0.25) is 0 Å². The van der Waals surface area contributed by atoms with Crippen LogP contribution < -0.4 is 0 Å². The minimum absolute atomic E-state index is 0.552. The van der Waals surface area contributed by atoms with Crippen molar-refractivity contribution in [2.24, 2.45) is 5.92 Å². The molecule has 0 aliphatic carbocycles. The molecule has 0 radical (unpaired) electrons. The van der Waals surface area contributed by atoms with Crippen LogP contribution in [0.1, 0.15) is 24.8 Å². The van der Waals surface area contributed by atoms with E-state index in [2.05, 4.69) is 35.2 Å². The van der Waals surface area contributed by atoms with Crippen LogP contribution >= 0.6 is 0 Å². The van der Waals surface area contributed by atoms with Crippen LogP contribution in [0, 0.1) is 5.92 Å². The SMILES string of the molecule is c1ccc(CN2CC[C@@H]3OCCC[C@@H]3C2)cc1. The first kappa shape index (κ1) is 11.2. The Morgan fingerprint density at radius 3 is 2.94 bits per heavy atom. The lowest BCUT2D eigenvalue weighted by molar-refractivity contribution is -0.0676. The Balaban J connectivity index is 1.59. The molecule has 2 saturated heterocycles. The fourth-order valence-corrected chi connectivity index (χ4v) is 3.15. The van der Waals surface area contributed by atoms with Crippen molar-refractivity contribution in [3.05, 3.63) is 35.9 Å². The van der Waals surface area contributed by atoms with Gasteiger partial charge in [0.25, 0.3) is 0 Å². The van der Waals surface area contributed by atoms with Crippen LogP contribution in [0.5, 0.6) is 0 Å². The average molecular weight is 231 g/mol. The molecule has 2 aliphatic rings. The smallest absolute Gasteiger partial charge is 0.0627 e. The minimum Gasteiger partial charge on any atom is -0.378 e. The Hall–Kier alpha value is -0.860. The molecule has 2 heterocycles. The topological polar surface area (TPSA) is 12.5 Å². The van der Waals surface area contributed by atoms with Crippen molar-refractivity contribution in [1.29, 1.82) is 0 Å². The number of rotatable bonds is 2. The summed E-state index contributed by atoms with van der Waals surface area (Å²) < 4.78 is 5.85. The maximum absolute atomic E-state index is 5.85. The Morgan fingerprint density at radius 2 is 2.06 bits per heavy atom. The number of fused-ring (bicyclic) bond motifs is 1. The van der Waals surface area contributed by atoms with E-state index in [4.69, 9.17) is 4.74 Å². The Bertz CT molecular complexity index is 351. The summed E-state index contributed by atoms with van der Waals surface area (Å²) in [6.07, 6.45) is 4.38. The summed E-state index contributed by atoms with van der Waals surface area (Å²) in [4.78, 5) is 2.59. The number of benzene rings is 1. The van der Waals surface area contributed by atoms with Crippen LogP contribution in [0.4, 0.5) is 0 Å². The average Bonchev–Trinajstić information content (AvgIpc) is 2.40. The first-order valence-corrected chi connectivity index (χ1v) is 6.80. The van der Waals surface area contributed by atoms with Gasteiger partial charge in [-0.3, -0.25) is 4.90 Å². The van der Waals surface area contributed by atoms with Crippen molar-refractivity contribution in [3.8, 4) is 0 Å². The van der Waals surface area contributed by atoms with E-state index < -0.39 is 0 Å². The summed E-state index contributed by atoms with van der Waals surface area (Å²) in [5.41, 5.74) is 1.43. The maximum Gasteiger partial charge on any atom is 0.0627 e. The van der Waals surface area contributed by atoms with Gasteiger partial charge in [-0.1, -0.05) is 30.3 Å². The summed E-state index contributed by atoms with van der Waals surface area (Å²) in [6, 6.07) is 10.8. The van der Waals surface area contributed by atoms with Crippen molar-refractivity contribution in [3.63, 3.8) is 0 Å². The number of hydrogen-bond acceptors (Lipinski definition) is 2. The minimum atomic E-state index is 0.552. The molecule has 3 rings (SSSR count). The van der Waals surface area contributed by atoms with E-state index in [0.717, 1.165) is 19.1 Å². The molecule has 1 aromatic rings. The lowest BCUT2D eigenvalue weighted by atomic mass is 9.88. The van der Waals surface area contributed by atoms with Gasteiger partial charge in [0, 0.05) is 26.2 Å². The molecule has 1 aromatic carbocycles. The predicted molar refractivity (Wildman–Crippen MR) is 68.8 cm³/mol. The normalized spacial score (nSPS) is 29.9. The molecule has 0 unspecified atom stereocenters. The van der Waals surface area contributed by atoms with E-state index in [0.29, 0.717) is 6.10 Å². The Morgan fingerprint density at radius 1 is 1.18 bits per heavy atom. The predicted octanol–water partition coefficient (Wildman–Crippen LogP) is 2.69. The van der Waals surface area contributed by atoms with E-state index >= 15 is 0 Å². The zero-order valence-corrected chi connectivity index (χ0v) is 10.3. The Kier molecular flexibility index (Phi) is 3.44. The molecular weight excluding hydrogens is 210 g/mol. The van der Waals surface area contributed by atoms with Gasteiger partial charge in [-0.25, -0.2) is 0 Å². The third kappa shape index (κ3) is 2.70. The summed E-state index contributed by atoms with van der Waals surface area (Å²) in [6.45, 7) is 4.50. The zero-order chi connectivity index (χ0) is 11.5. The first-order valence-electron chi connectivity index (χ1n) is 6.80. The number of piperidine rings is 1. The number of likely N-dealkylation sites (tertiary alicyclic amines) is 1. The largest absolute Gasteiger partial charge is 0.378 e. The van der Waals surface area contributed by atoms with Gasteiger partial charge < -0.3 is 4.74 Å². The highest BCUT2D eigenvalue weighted by Crippen LogP contribution is 2.28. The molecule has 2 fully saturated rings. The van der Waals surface area contributed by atoms with Crippen molar-refractivity contribution < 1.29 is 4.74 Å². The standard InChI is InChI=1S/C15H21NO/c1-2-5-13(6-3-1)11-16-9-8-15-14(12-16)7-4-10-17-15/h1-3,5-6,14-15H,4,7-12H2/t14-,15+/m1/s1. The van der Waals surface area contributed by atoms with Gasteiger partial charge in [-0.2, -0.15) is 0 Å². The number of hydrogen-bond donors (Lipinski definition) is 0. The maximum atomic E-state index is 5.85. The van der Waals surface area contributed by atoms with Crippen LogP contribution in [-0.2, 0) is 11.3 Å². The van der Waals surface area contributed by atoms with Crippen molar-refractivity contribution in [2.75, 3.05) is 19.7 Å². The van der Waals surface area contributed by atoms with Crippen LogP contribution in [-0.4, -0.2) is 30.7 Å². The highest BCUT2D eigenvalue weighted by molar-refractivity contribution is 5.14. The second-order valence-electron chi connectivity index (χ2n) is 5.32. The molecule has 0 aromatic heterocycles. The van der Waals surface area contributed by atoms with Gasteiger partial charge in [-0.15, -0.1) is 0 Å². The highest BCUT2D eigenvalue weighted by atomic mass is 16.5. The van der Waals surface area contributed by atoms with E-state index in [1.807, 2.05) is 0 Å². The Labute approximate surface area is 104 Å². The third-order valence-electron chi connectivity index (χ3n) is 4.05. The van der Waals surface area contributed by atoms with Crippen LogP contribution in [0.15, 0.2) is 30.3 Å². The summed E-state index contributed by atoms with van der Waals surface area (Å²) in [5, 5.41) is 0. The molecular formula is C15H21NO. The van der Waals surface area contributed by atoms with Crippen molar-refractivity contribution in [2.45, 2.75) is 31.9 Å². The lowest BCUT2D eigenvalue weighted by Crippen LogP contribution is -2.45. The molecule has 2 atom stereocenters. The summed E-state index contributed by atoms with van der Waals surface area (Å²) in [7, 11) is 0. The molecule has 92 valence electrons. The van der Waals surface area contributed by atoms with Gasteiger partial charge in [0.15, 0.2) is 0 Å². The molecule has 0 spiro atoms. The van der Waals surface area contributed by atoms with E-state index in [1.165, 1.54) is 37.9 Å². The molecule has 0 bridgehead atoms. The second-order valence-corrected chi connectivity index (χ2v) is 5.32. The molecule has 0 amide bonds. The highest BCUT2D eigenvalue weighted by Gasteiger charge is 2.31. The first-order chi connectivity index (χ1) is 8.42. The second kappa shape index (κ2) is 5.19. The summed E-state index contributed by atoms with van der Waals surface area (Å²) >= 11 is 0. The molecule has 2 heteroatoms. The molecule has 0 saturated carbocycles. The monoisotopic (exact) mass is 231 g/mol. The molecule has 2 aliphatic heterocycles. The number of ether oxygens (including phenoxy) is 1. The van der Waals surface area contributed by atoms with E-state index in [1.54, 1.807) is 0 Å². The van der Waals surface area contributed by atoms with Crippen molar-refractivity contribution >= 4 is 0 Å². The molecule has 17 heavy (non-hydrogen) atoms. The van der Waals surface area contributed by atoms with Gasteiger partial charge in [0.05, 0.1) is 6.10 Å². The van der Waals surface area contributed by atoms with E-state index in [-0.39, 0.29) is 0 Å². The van der Waals surface area contributed by atoms with Gasteiger partial charge >= 0.3 is 0 Å². The quantitative estimate of drug-likeness (QED) is 0.776. The van der Waals surface area contributed by atoms with Crippen molar-refractivity contribution in [1.82, 2.24) is 4.90 Å². The zero-order valence-electron chi connectivity index (χ0n) is 10.3. The van der Waals surface area contributed by atoms with Gasteiger partial charge in [0.1, 0.15) is 0 Å². The van der Waals surface area contributed by atoms with E-state index in [9.17, 15) is 0 Å². The molecule has 0 N–H and O–H groups in total. The fourth-order valence-electron chi connectivity index (χ4n) is 3.15.